The predicted molar refractivity (Wildman–Crippen MR) is 109 cm³/mol. The van der Waals surface area contributed by atoms with Gasteiger partial charge in [-0.15, -0.1) is 21.5 Å². The Kier molecular flexibility index (Phi) is 5.64. The lowest BCUT2D eigenvalue weighted by Crippen LogP contribution is -2.05. The summed E-state index contributed by atoms with van der Waals surface area (Å²) in [6, 6.07) is 8.87. The minimum Gasteiger partial charge on any atom is -0.299 e. The number of thioether (sulfide) groups is 1. The van der Waals surface area contributed by atoms with Gasteiger partial charge in [0.25, 0.3) is 0 Å². The van der Waals surface area contributed by atoms with Crippen LogP contribution >= 0.6 is 23.1 Å². The summed E-state index contributed by atoms with van der Waals surface area (Å²) in [5.41, 5.74) is 5.32. The minimum atomic E-state index is 0.328. The maximum absolute atomic E-state index is 4.56. The Morgan fingerprint density at radius 3 is 2.60 bits per heavy atom. The van der Waals surface area contributed by atoms with Crippen molar-refractivity contribution in [1.29, 1.82) is 0 Å². The van der Waals surface area contributed by atoms with E-state index < -0.39 is 0 Å². The van der Waals surface area contributed by atoms with Crippen LogP contribution in [-0.4, -0.2) is 14.8 Å². The Morgan fingerprint density at radius 1 is 1.16 bits per heavy atom. The van der Waals surface area contributed by atoms with Crippen molar-refractivity contribution < 1.29 is 0 Å². The third kappa shape index (κ3) is 3.67. The average molecular weight is 372 g/mol. The summed E-state index contributed by atoms with van der Waals surface area (Å²) < 4.78 is 2.28. The molecule has 25 heavy (non-hydrogen) atoms. The monoisotopic (exact) mass is 371 g/mol. The fourth-order valence-corrected chi connectivity index (χ4v) is 5.13. The van der Waals surface area contributed by atoms with Crippen molar-refractivity contribution in [3.8, 4) is 11.4 Å². The van der Waals surface area contributed by atoms with E-state index in [0.717, 1.165) is 23.2 Å². The molecular formula is C20H25N3S2. The standard InChI is InChI=1S/C20H25N3S2/c1-6-17-15(5)24-12-18(17)19-21-22-20(23(19)13(2)3)25-11-16-10-8-7-9-14(16)4/h7-10,12-13H,6,11H2,1-5H3. The second-order valence-electron chi connectivity index (χ2n) is 6.52. The van der Waals surface area contributed by atoms with Gasteiger partial charge in [-0.25, -0.2) is 0 Å². The lowest BCUT2D eigenvalue weighted by atomic mass is 10.1. The summed E-state index contributed by atoms with van der Waals surface area (Å²) in [4.78, 5) is 1.38. The number of rotatable bonds is 6. The number of nitrogens with zero attached hydrogens (tertiary/aromatic N) is 3. The molecule has 0 unspecified atom stereocenters. The zero-order valence-corrected chi connectivity index (χ0v) is 17.2. The lowest BCUT2D eigenvalue weighted by molar-refractivity contribution is 0.555. The molecular weight excluding hydrogens is 346 g/mol. The molecule has 5 heteroatoms. The van der Waals surface area contributed by atoms with Crippen molar-refractivity contribution in [2.75, 3.05) is 0 Å². The fraction of sp³-hybridized carbons (Fsp3) is 0.400. The molecule has 2 aromatic heterocycles. The van der Waals surface area contributed by atoms with Crippen LogP contribution in [0.25, 0.3) is 11.4 Å². The Labute approximate surface area is 158 Å². The third-order valence-corrected chi connectivity index (χ3v) is 6.44. The van der Waals surface area contributed by atoms with Gasteiger partial charge < -0.3 is 0 Å². The molecule has 0 saturated carbocycles. The van der Waals surface area contributed by atoms with E-state index in [1.54, 1.807) is 23.1 Å². The lowest BCUT2D eigenvalue weighted by Gasteiger charge is -2.14. The highest BCUT2D eigenvalue weighted by molar-refractivity contribution is 7.98. The first-order valence-electron chi connectivity index (χ1n) is 8.72. The number of thiophene rings is 1. The molecule has 0 amide bonds. The van der Waals surface area contributed by atoms with Gasteiger partial charge in [-0.3, -0.25) is 4.57 Å². The molecule has 0 aliphatic carbocycles. The number of aromatic nitrogens is 3. The van der Waals surface area contributed by atoms with Crippen LogP contribution in [0, 0.1) is 13.8 Å². The molecule has 0 saturated heterocycles. The van der Waals surface area contributed by atoms with Gasteiger partial charge in [0.15, 0.2) is 11.0 Å². The van der Waals surface area contributed by atoms with Crippen molar-refractivity contribution in [2.45, 2.75) is 58.0 Å². The van der Waals surface area contributed by atoms with Crippen LogP contribution in [0.3, 0.4) is 0 Å². The van der Waals surface area contributed by atoms with Gasteiger partial charge in [0, 0.05) is 27.6 Å². The second-order valence-corrected chi connectivity index (χ2v) is 8.55. The number of aryl methyl sites for hydroxylation is 2. The van der Waals surface area contributed by atoms with E-state index in [0.29, 0.717) is 6.04 Å². The van der Waals surface area contributed by atoms with Gasteiger partial charge in [0.05, 0.1) is 0 Å². The number of hydrogen-bond acceptors (Lipinski definition) is 4. The summed E-state index contributed by atoms with van der Waals surface area (Å²) in [5, 5.41) is 12.3. The van der Waals surface area contributed by atoms with Crippen LogP contribution in [0.15, 0.2) is 34.8 Å². The van der Waals surface area contributed by atoms with Gasteiger partial charge >= 0.3 is 0 Å². The molecule has 132 valence electrons. The molecule has 0 fully saturated rings. The van der Waals surface area contributed by atoms with Gasteiger partial charge in [-0.2, -0.15) is 0 Å². The quantitative estimate of drug-likeness (QED) is 0.493. The SMILES string of the molecule is CCc1c(-c2nnc(SCc3ccccc3C)n2C(C)C)csc1C. The highest BCUT2D eigenvalue weighted by Crippen LogP contribution is 2.35. The molecule has 1 aromatic carbocycles. The van der Waals surface area contributed by atoms with Crippen molar-refractivity contribution in [3.63, 3.8) is 0 Å². The number of benzene rings is 1. The van der Waals surface area contributed by atoms with Gasteiger partial charge in [0.2, 0.25) is 0 Å². The van der Waals surface area contributed by atoms with Gasteiger partial charge in [-0.05, 0) is 50.8 Å². The normalized spacial score (nSPS) is 11.4. The summed E-state index contributed by atoms with van der Waals surface area (Å²) in [7, 11) is 0. The zero-order chi connectivity index (χ0) is 18.0. The average Bonchev–Trinajstić information content (AvgIpc) is 3.17. The number of hydrogen-bond donors (Lipinski definition) is 0. The maximum atomic E-state index is 4.56. The fourth-order valence-electron chi connectivity index (χ4n) is 3.05. The van der Waals surface area contributed by atoms with Crippen LogP contribution < -0.4 is 0 Å². The smallest absolute Gasteiger partial charge is 0.192 e. The van der Waals surface area contributed by atoms with E-state index in [9.17, 15) is 0 Å². The van der Waals surface area contributed by atoms with Crippen LogP contribution in [0.2, 0.25) is 0 Å². The Balaban J connectivity index is 1.94. The molecule has 0 N–H and O–H groups in total. The highest BCUT2D eigenvalue weighted by atomic mass is 32.2. The molecule has 0 aliphatic heterocycles. The molecule has 2 heterocycles. The van der Waals surface area contributed by atoms with E-state index in [1.807, 2.05) is 0 Å². The summed E-state index contributed by atoms with van der Waals surface area (Å²) >= 11 is 3.58. The third-order valence-electron chi connectivity index (χ3n) is 4.50. The van der Waals surface area contributed by atoms with Crippen LogP contribution in [0.4, 0.5) is 0 Å². The Hall–Kier alpha value is -1.59. The predicted octanol–water partition coefficient (Wildman–Crippen LogP) is 6.06. The van der Waals surface area contributed by atoms with Crippen LogP contribution in [0.5, 0.6) is 0 Å². The van der Waals surface area contributed by atoms with E-state index >= 15 is 0 Å². The highest BCUT2D eigenvalue weighted by Gasteiger charge is 2.20. The summed E-state index contributed by atoms with van der Waals surface area (Å²) in [5.74, 6) is 1.92. The Morgan fingerprint density at radius 2 is 1.92 bits per heavy atom. The largest absolute Gasteiger partial charge is 0.299 e. The first-order valence-corrected chi connectivity index (χ1v) is 10.6. The van der Waals surface area contributed by atoms with E-state index in [-0.39, 0.29) is 0 Å². The molecule has 3 aromatic rings. The molecule has 0 radical (unpaired) electrons. The molecule has 0 aliphatic rings. The first-order chi connectivity index (χ1) is 12.0. The zero-order valence-electron chi connectivity index (χ0n) is 15.5. The van der Waals surface area contributed by atoms with Crippen LogP contribution in [-0.2, 0) is 12.2 Å². The second kappa shape index (κ2) is 7.75. The molecule has 3 nitrogen and oxygen atoms in total. The first kappa shape index (κ1) is 18.2. The molecule has 0 spiro atoms. The van der Waals surface area contributed by atoms with E-state index in [2.05, 4.69) is 79.0 Å². The van der Waals surface area contributed by atoms with E-state index in [1.165, 1.54) is 27.1 Å². The summed E-state index contributed by atoms with van der Waals surface area (Å²) in [6.45, 7) is 11.0. The van der Waals surface area contributed by atoms with Crippen molar-refractivity contribution in [1.82, 2.24) is 14.8 Å². The maximum Gasteiger partial charge on any atom is 0.192 e. The summed E-state index contributed by atoms with van der Waals surface area (Å²) in [6.07, 6.45) is 1.03. The topological polar surface area (TPSA) is 30.7 Å². The molecule has 3 rings (SSSR count). The van der Waals surface area contributed by atoms with Crippen molar-refractivity contribution in [2.24, 2.45) is 0 Å². The molecule has 0 atom stereocenters. The Bertz CT molecular complexity index is 862. The van der Waals surface area contributed by atoms with Gasteiger partial charge in [-0.1, -0.05) is 43.0 Å². The molecule has 0 bridgehead atoms. The van der Waals surface area contributed by atoms with Crippen molar-refractivity contribution >= 4 is 23.1 Å². The van der Waals surface area contributed by atoms with Gasteiger partial charge in [0.1, 0.15) is 0 Å². The van der Waals surface area contributed by atoms with Crippen LogP contribution in [0.1, 0.15) is 48.4 Å². The van der Waals surface area contributed by atoms with Crippen molar-refractivity contribution in [3.05, 3.63) is 51.2 Å². The van der Waals surface area contributed by atoms with E-state index in [4.69, 9.17) is 0 Å². The minimum absolute atomic E-state index is 0.328.